The Morgan fingerprint density at radius 1 is 1.19 bits per heavy atom. The lowest BCUT2D eigenvalue weighted by Crippen LogP contribution is -2.52. The first kappa shape index (κ1) is 27.5. The molecule has 3 rings (SSSR count). The highest BCUT2D eigenvalue weighted by Crippen LogP contribution is 2.40. The summed E-state index contributed by atoms with van der Waals surface area (Å²) in [6.45, 7) is 6.81. The van der Waals surface area contributed by atoms with Crippen LogP contribution in [0.3, 0.4) is 0 Å². The number of anilines is 1. The number of nitrogens with zero attached hydrogens (tertiary/aromatic N) is 1. The van der Waals surface area contributed by atoms with Crippen molar-refractivity contribution in [2.24, 2.45) is 11.8 Å². The molecule has 0 aromatic heterocycles. The van der Waals surface area contributed by atoms with Crippen LogP contribution < -0.4 is 15.7 Å². The molecule has 3 N–H and O–H groups in total. The van der Waals surface area contributed by atoms with E-state index in [0.29, 0.717) is 11.6 Å². The maximum absolute atomic E-state index is 12.4. The summed E-state index contributed by atoms with van der Waals surface area (Å²) in [7, 11) is -3.91. The summed E-state index contributed by atoms with van der Waals surface area (Å²) in [5, 5.41) is 12.0. The van der Waals surface area contributed by atoms with Crippen LogP contribution in [-0.4, -0.2) is 60.7 Å². The third kappa shape index (κ3) is 5.82. The molecule has 2 unspecified atom stereocenters. The fourth-order valence-electron chi connectivity index (χ4n) is 4.59. The first-order valence-electron chi connectivity index (χ1n) is 11.7. The van der Waals surface area contributed by atoms with E-state index in [9.17, 15) is 22.8 Å². The number of benzene rings is 1. The molecule has 36 heavy (non-hydrogen) atoms. The number of hydroxylamine groups is 1. The summed E-state index contributed by atoms with van der Waals surface area (Å²) in [4.78, 5) is 37.2. The van der Waals surface area contributed by atoms with Crippen LogP contribution in [0.1, 0.15) is 52.5 Å². The molecule has 2 fully saturated rings. The Morgan fingerprint density at radius 3 is 2.33 bits per heavy atom. The maximum atomic E-state index is 12.4. The molecule has 196 valence electrons. The molecule has 2 atom stereocenters. The second-order valence-electron chi connectivity index (χ2n) is 10.3. The number of cyclic esters (lactones) is 1. The molecular formula is C25H33N3O7S. The van der Waals surface area contributed by atoms with Gasteiger partial charge in [0, 0.05) is 42.3 Å². The Balaban J connectivity index is 1.61. The van der Waals surface area contributed by atoms with Crippen molar-refractivity contribution in [1.29, 1.82) is 0 Å². The molecule has 0 bridgehead atoms. The van der Waals surface area contributed by atoms with E-state index in [-0.39, 0.29) is 30.3 Å². The number of hydrogen-bond acceptors (Lipinski definition) is 7. The quantitative estimate of drug-likeness (QED) is 0.284. The summed E-state index contributed by atoms with van der Waals surface area (Å²) in [6, 6.07) is 7.04. The highest BCUT2D eigenvalue weighted by Gasteiger charge is 2.48. The van der Waals surface area contributed by atoms with Crippen LogP contribution in [0.2, 0.25) is 0 Å². The lowest BCUT2D eigenvalue weighted by Gasteiger charge is -2.44. The van der Waals surface area contributed by atoms with Gasteiger partial charge in [0.25, 0.3) is 5.91 Å². The predicted octanol–water partition coefficient (Wildman–Crippen LogP) is 2.00. The number of sulfone groups is 1. The molecule has 1 saturated carbocycles. The monoisotopic (exact) mass is 519 g/mol. The normalized spacial score (nSPS) is 23.4. The molecule has 10 nitrogen and oxygen atoms in total. The third-order valence-electron chi connectivity index (χ3n) is 7.15. The van der Waals surface area contributed by atoms with Crippen LogP contribution in [-0.2, 0) is 24.2 Å². The Kier molecular flexibility index (Phi) is 7.72. The van der Waals surface area contributed by atoms with Crippen LogP contribution >= 0.6 is 0 Å². The Morgan fingerprint density at radius 2 is 1.81 bits per heavy atom. The number of rotatable bonds is 7. The molecule has 1 aromatic rings. The molecule has 1 aromatic carbocycles. The number of hydrogen-bond donors (Lipinski definition) is 3. The SMILES string of the molecule is CC(=O)NC(C)(C)C1CC(C#Cc2ccc(N3CC(CC(C)(C(=O)NO)S(C)(=O)=O)OC3=O)cc2)C1. The van der Waals surface area contributed by atoms with Gasteiger partial charge in [-0.2, -0.15) is 0 Å². The van der Waals surface area contributed by atoms with Gasteiger partial charge in [-0.05, 0) is 63.8 Å². The van der Waals surface area contributed by atoms with Gasteiger partial charge in [0.15, 0.2) is 14.6 Å². The van der Waals surface area contributed by atoms with Gasteiger partial charge in [-0.15, -0.1) is 0 Å². The molecule has 1 aliphatic carbocycles. The molecule has 1 saturated heterocycles. The smallest absolute Gasteiger partial charge is 0.414 e. The lowest BCUT2D eigenvalue weighted by molar-refractivity contribution is -0.132. The van der Waals surface area contributed by atoms with E-state index in [2.05, 4.69) is 17.2 Å². The standard InChI is InChI=1S/C25H33N3O7S/c1-16(29)26-24(2,3)19-12-18(13-19)7-6-17-8-10-20(11-9-17)28-15-21(35-23(28)31)14-25(4,22(30)27-32)36(5,33)34/h8-11,18-19,21,32H,12-15H2,1-5H3,(H,26,29)(H,27,30). The minimum absolute atomic E-state index is 0.0390. The molecule has 2 aliphatic rings. The fourth-order valence-corrected chi connectivity index (χ4v) is 5.47. The Bertz CT molecular complexity index is 1190. The van der Waals surface area contributed by atoms with Crippen molar-refractivity contribution < 1.29 is 32.7 Å². The average Bonchev–Trinajstić information content (AvgIpc) is 3.10. The highest BCUT2D eigenvalue weighted by molar-refractivity contribution is 7.92. The first-order valence-corrected chi connectivity index (χ1v) is 13.6. The van der Waals surface area contributed by atoms with Crippen molar-refractivity contribution in [1.82, 2.24) is 10.8 Å². The second-order valence-corrected chi connectivity index (χ2v) is 12.8. The van der Waals surface area contributed by atoms with E-state index in [1.54, 1.807) is 24.3 Å². The topological polar surface area (TPSA) is 142 Å². The highest BCUT2D eigenvalue weighted by atomic mass is 32.2. The van der Waals surface area contributed by atoms with E-state index in [0.717, 1.165) is 24.7 Å². The van der Waals surface area contributed by atoms with Gasteiger partial charge < -0.3 is 10.1 Å². The van der Waals surface area contributed by atoms with Crippen LogP contribution in [0.5, 0.6) is 0 Å². The van der Waals surface area contributed by atoms with Gasteiger partial charge in [-0.1, -0.05) is 11.8 Å². The van der Waals surface area contributed by atoms with Crippen molar-refractivity contribution >= 4 is 33.4 Å². The number of carbonyl (C=O) groups excluding carboxylic acids is 3. The zero-order chi connectivity index (χ0) is 26.9. The molecule has 11 heteroatoms. The molecule has 0 spiro atoms. The van der Waals surface area contributed by atoms with Crippen LogP contribution in [0.25, 0.3) is 0 Å². The van der Waals surface area contributed by atoms with E-state index in [1.165, 1.54) is 24.2 Å². The van der Waals surface area contributed by atoms with Crippen molar-refractivity contribution in [3.8, 4) is 11.8 Å². The second kappa shape index (κ2) is 10.1. The largest absolute Gasteiger partial charge is 0.444 e. The number of nitrogens with one attached hydrogen (secondary N) is 2. The van der Waals surface area contributed by atoms with E-state index in [4.69, 9.17) is 9.94 Å². The lowest BCUT2D eigenvalue weighted by atomic mass is 9.66. The van der Waals surface area contributed by atoms with Crippen molar-refractivity contribution in [3.63, 3.8) is 0 Å². The van der Waals surface area contributed by atoms with Gasteiger partial charge in [0.1, 0.15) is 6.10 Å². The van der Waals surface area contributed by atoms with Gasteiger partial charge >= 0.3 is 6.09 Å². The molecular weight excluding hydrogens is 486 g/mol. The summed E-state index contributed by atoms with van der Waals surface area (Å²) >= 11 is 0. The summed E-state index contributed by atoms with van der Waals surface area (Å²) in [6.07, 6.45) is 0.916. The van der Waals surface area contributed by atoms with Crippen molar-refractivity contribution in [3.05, 3.63) is 29.8 Å². The number of amides is 3. The zero-order valence-electron chi connectivity index (χ0n) is 21.1. The number of ether oxygens (including phenoxy) is 1. The Labute approximate surface area is 211 Å². The summed E-state index contributed by atoms with van der Waals surface area (Å²) in [5.41, 5.74) is 2.48. The van der Waals surface area contributed by atoms with E-state index < -0.39 is 32.7 Å². The molecule has 1 aliphatic heterocycles. The van der Waals surface area contributed by atoms with Crippen molar-refractivity contribution in [2.75, 3.05) is 17.7 Å². The minimum atomic E-state index is -3.91. The van der Waals surface area contributed by atoms with E-state index >= 15 is 0 Å². The first-order chi connectivity index (χ1) is 16.7. The number of carbonyl (C=O) groups is 3. The fraction of sp³-hybridized carbons (Fsp3) is 0.560. The molecule has 0 radical (unpaired) electrons. The van der Waals surface area contributed by atoms with Crippen LogP contribution in [0.4, 0.5) is 10.5 Å². The zero-order valence-corrected chi connectivity index (χ0v) is 21.9. The molecule has 1 heterocycles. The van der Waals surface area contributed by atoms with Crippen LogP contribution in [0.15, 0.2) is 24.3 Å². The average molecular weight is 520 g/mol. The minimum Gasteiger partial charge on any atom is -0.444 e. The summed E-state index contributed by atoms with van der Waals surface area (Å²) < 4.78 is 27.8. The molecule has 3 amide bonds. The van der Waals surface area contributed by atoms with Gasteiger partial charge in [-0.25, -0.2) is 18.7 Å². The van der Waals surface area contributed by atoms with Crippen molar-refractivity contribution in [2.45, 2.75) is 63.3 Å². The van der Waals surface area contributed by atoms with Gasteiger partial charge in [0.2, 0.25) is 5.91 Å². The summed E-state index contributed by atoms with van der Waals surface area (Å²) in [5.74, 6) is 5.94. The van der Waals surface area contributed by atoms with Gasteiger partial charge in [-0.3, -0.25) is 19.7 Å². The predicted molar refractivity (Wildman–Crippen MR) is 133 cm³/mol. The van der Waals surface area contributed by atoms with Gasteiger partial charge in [0.05, 0.1) is 6.54 Å². The third-order valence-corrected chi connectivity index (χ3v) is 9.14. The van der Waals surface area contributed by atoms with Crippen LogP contribution in [0, 0.1) is 23.7 Å². The Hall–Kier alpha value is -3.10. The van der Waals surface area contributed by atoms with E-state index in [1.807, 2.05) is 13.8 Å². The maximum Gasteiger partial charge on any atom is 0.414 e.